The Balaban J connectivity index is 2.86. The normalized spacial score (nSPS) is 16.1. The summed E-state index contributed by atoms with van der Waals surface area (Å²) in [6.45, 7) is 13.2. The third-order valence-electron chi connectivity index (χ3n) is 7.64. The third-order valence-corrected chi connectivity index (χ3v) is 7.64. The molecule has 1 amide bonds. The fourth-order valence-electron chi connectivity index (χ4n) is 4.41. The number of methoxy groups -OCH3 is 2. The van der Waals surface area contributed by atoms with Crippen molar-refractivity contribution in [3.05, 3.63) is 23.8 Å². The van der Waals surface area contributed by atoms with Crippen LogP contribution in [0.5, 0.6) is 11.5 Å². The van der Waals surface area contributed by atoms with Crippen molar-refractivity contribution >= 4 is 5.91 Å². The van der Waals surface area contributed by atoms with Gasteiger partial charge in [0.1, 0.15) is 6.23 Å². The van der Waals surface area contributed by atoms with E-state index in [1.54, 1.807) is 28.1 Å². The second kappa shape index (κ2) is 17.0. The van der Waals surface area contributed by atoms with Crippen LogP contribution < -0.4 is 26.3 Å². The molecule has 226 valence electrons. The van der Waals surface area contributed by atoms with Crippen LogP contribution in [0.1, 0.15) is 66.4 Å². The Kier molecular flexibility index (Phi) is 15.3. The highest BCUT2D eigenvalue weighted by Crippen LogP contribution is 2.32. The number of hydrogen-bond acceptors (Lipinski definition) is 8. The maximum Gasteiger partial charge on any atom is 0.223 e. The van der Waals surface area contributed by atoms with Crippen LogP contribution in [-0.2, 0) is 16.0 Å². The van der Waals surface area contributed by atoms with E-state index in [0.29, 0.717) is 37.1 Å². The van der Waals surface area contributed by atoms with E-state index in [-0.39, 0.29) is 30.7 Å². The summed E-state index contributed by atoms with van der Waals surface area (Å²) < 4.78 is 16.5. The van der Waals surface area contributed by atoms with Gasteiger partial charge in [-0.25, -0.2) is 0 Å². The molecule has 0 spiro atoms. The minimum Gasteiger partial charge on any atom is -0.493 e. The number of ether oxygens (including phenoxy) is 3. The number of aliphatic hydroxyl groups is 2. The van der Waals surface area contributed by atoms with Gasteiger partial charge in [-0.05, 0) is 54.7 Å². The van der Waals surface area contributed by atoms with Crippen molar-refractivity contribution in [1.29, 1.82) is 0 Å². The van der Waals surface area contributed by atoms with Crippen molar-refractivity contribution in [3.63, 3.8) is 0 Å². The van der Waals surface area contributed by atoms with E-state index < -0.39 is 29.7 Å². The molecule has 0 aliphatic rings. The molecule has 0 heterocycles. The lowest BCUT2D eigenvalue weighted by Crippen LogP contribution is -2.48. The number of nitrogens with one attached hydrogen (secondary N) is 1. The molecule has 0 aliphatic carbocycles. The van der Waals surface area contributed by atoms with Gasteiger partial charge in [0, 0.05) is 44.1 Å². The Bertz CT molecular complexity index is 846. The second-order valence-electron chi connectivity index (χ2n) is 12.1. The van der Waals surface area contributed by atoms with Gasteiger partial charge in [-0.2, -0.15) is 0 Å². The minimum absolute atomic E-state index is 0.0141. The van der Waals surface area contributed by atoms with Gasteiger partial charge in [-0.3, -0.25) is 4.79 Å². The third kappa shape index (κ3) is 12.0. The van der Waals surface area contributed by atoms with Crippen molar-refractivity contribution in [1.82, 2.24) is 5.32 Å². The molecule has 1 unspecified atom stereocenters. The number of rotatable bonds is 19. The summed E-state index contributed by atoms with van der Waals surface area (Å²) in [5.74, 6) is 1.39. The van der Waals surface area contributed by atoms with Gasteiger partial charge in [-0.15, -0.1) is 0 Å². The van der Waals surface area contributed by atoms with Crippen LogP contribution in [0.4, 0.5) is 0 Å². The largest absolute Gasteiger partial charge is 0.493 e. The molecule has 1 aromatic rings. The topological polar surface area (TPSA) is 149 Å². The fraction of sp³-hybridized carbons (Fsp3) is 0.767. The number of carbonyl (C=O) groups excluding carboxylic acids is 1. The fourth-order valence-corrected chi connectivity index (χ4v) is 4.41. The smallest absolute Gasteiger partial charge is 0.223 e. The van der Waals surface area contributed by atoms with Crippen molar-refractivity contribution in [3.8, 4) is 11.5 Å². The summed E-state index contributed by atoms with van der Waals surface area (Å²) in [6.07, 6.45) is 0.574. The Morgan fingerprint density at radius 1 is 1.00 bits per heavy atom. The van der Waals surface area contributed by atoms with E-state index in [4.69, 9.17) is 25.7 Å². The highest BCUT2D eigenvalue weighted by atomic mass is 16.5. The van der Waals surface area contributed by atoms with E-state index in [2.05, 4.69) is 19.2 Å². The molecule has 9 heteroatoms. The van der Waals surface area contributed by atoms with Gasteiger partial charge in [0.15, 0.2) is 11.5 Å². The monoisotopic (exact) mass is 553 g/mol. The molecule has 1 aromatic carbocycles. The summed E-state index contributed by atoms with van der Waals surface area (Å²) in [7, 11) is 3.30. The van der Waals surface area contributed by atoms with Crippen molar-refractivity contribution in [2.75, 3.05) is 34.0 Å². The average molecular weight is 554 g/mol. The number of carbonyl (C=O) groups is 1. The molecule has 0 aliphatic heterocycles. The Labute approximate surface area is 236 Å². The SMILES string of the molecule is COCCCOc1cc(C[C@H](C[C@H](N)[C@H](O)C[C@@H](C(=O)NCC(C)(C)C(N)O)C(C)C)C(C)C)ccc1OC. The zero-order valence-electron chi connectivity index (χ0n) is 25.4. The van der Waals surface area contributed by atoms with Crippen LogP contribution in [0.15, 0.2) is 18.2 Å². The lowest BCUT2D eigenvalue weighted by Gasteiger charge is -2.31. The quantitative estimate of drug-likeness (QED) is 0.130. The first-order chi connectivity index (χ1) is 18.2. The zero-order valence-corrected chi connectivity index (χ0v) is 25.4. The van der Waals surface area contributed by atoms with Crippen molar-refractivity contribution in [2.45, 2.75) is 85.6 Å². The second-order valence-corrected chi connectivity index (χ2v) is 12.1. The molecular weight excluding hydrogens is 498 g/mol. The van der Waals surface area contributed by atoms with E-state index >= 15 is 0 Å². The summed E-state index contributed by atoms with van der Waals surface area (Å²) >= 11 is 0. The lowest BCUT2D eigenvalue weighted by molar-refractivity contribution is -0.128. The van der Waals surface area contributed by atoms with E-state index in [1.165, 1.54) is 0 Å². The summed E-state index contributed by atoms with van der Waals surface area (Å²) in [6, 6.07) is 5.50. The number of nitrogens with two attached hydrogens (primary N) is 2. The zero-order chi connectivity index (χ0) is 29.8. The van der Waals surface area contributed by atoms with Gasteiger partial charge in [0.05, 0.1) is 19.8 Å². The molecule has 5 atom stereocenters. The van der Waals surface area contributed by atoms with Crippen LogP contribution >= 0.6 is 0 Å². The Morgan fingerprint density at radius 2 is 1.67 bits per heavy atom. The maximum atomic E-state index is 13.0. The molecule has 1 rings (SSSR count). The van der Waals surface area contributed by atoms with Crippen LogP contribution in [-0.4, -0.2) is 68.5 Å². The maximum absolute atomic E-state index is 13.0. The molecule has 39 heavy (non-hydrogen) atoms. The van der Waals surface area contributed by atoms with Crippen molar-refractivity contribution < 1.29 is 29.2 Å². The molecule has 7 N–H and O–H groups in total. The minimum atomic E-state index is -1.05. The van der Waals surface area contributed by atoms with E-state index in [0.717, 1.165) is 18.4 Å². The van der Waals surface area contributed by atoms with Crippen LogP contribution in [0.2, 0.25) is 0 Å². The Hall–Kier alpha value is -1.91. The predicted molar refractivity (Wildman–Crippen MR) is 156 cm³/mol. The lowest BCUT2D eigenvalue weighted by atomic mass is 9.80. The van der Waals surface area contributed by atoms with Gasteiger partial charge >= 0.3 is 0 Å². The first-order valence-corrected chi connectivity index (χ1v) is 14.2. The number of amides is 1. The molecular formula is C30H55N3O6. The first-order valence-electron chi connectivity index (χ1n) is 14.2. The Morgan fingerprint density at radius 3 is 2.21 bits per heavy atom. The summed E-state index contributed by atoms with van der Waals surface area (Å²) in [5, 5.41) is 23.7. The van der Waals surface area contributed by atoms with E-state index in [9.17, 15) is 15.0 Å². The summed E-state index contributed by atoms with van der Waals surface area (Å²) in [5.41, 5.74) is 12.6. The van der Waals surface area contributed by atoms with Crippen molar-refractivity contribution in [2.24, 2.45) is 40.6 Å². The first kappa shape index (κ1) is 35.1. The van der Waals surface area contributed by atoms with Crippen LogP contribution in [0.25, 0.3) is 0 Å². The highest BCUT2D eigenvalue weighted by molar-refractivity contribution is 5.79. The average Bonchev–Trinajstić information content (AvgIpc) is 2.87. The number of hydrogen-bond donors (Lipinski definition) is 5. The van der Waals surface area contributed by atoms with Gasteiger partial charge in [0.2, 0.25) is 5.91 Å². The van der Waals surface area contributed by atoms with Gasteiger partial charge < -0.3 is 41.2 Å². The molecule has 0 fully saturated rings. The van der Waals surface area contributed by atoms with Crippen LogP contribution in [0, 0.1) is 29.1 Å². The number of aliphatic hydroxyl groups excluding tert-OH is 2. The summed E-state index contributed by atoms with van der Waals surface area (Å²) in [4.78, 5) is 13.0. The van der Waals surface area contributed by atoms with E-state index in [1.807, 2.05) is 32.0 Å². The molecule has 0 saturated heterocycles. The molecule has 0 radical (unpaired) electrons. The standard InChI is InChI=1S/C30H55N3O6/c1-19(2)22(14-21-10-11-26(38-8)27(15-21)39-13-9-12-37-7)16-24(31)25(34)17-23(20(3)4)28(35)33-18-30(5,6)29(32)36/h10-11,15,19-20,22-25,29,34,36H,9,12-14,16-18,31-32H2,1-8H3,(H,33,35)/t22-,23-,24+,25-,29?/m1/s1. The molecule has 0 aromatic heterocycles. The van der Waals surface area contributed by atoms with Gasteiger partial charge in [-0.1, -0.05) is 47.6 Å². The predicted octanol–water partition coefficient (Wildman–Crippen LogP) is 3.09. The van der Waals surface area contributed by atoms with Crippen LogP contribution in [0.3, 0.4) is 0 Å². The van der Waals surface area contributed by atoms with Gasteiger partial charge in [0.25, 0.3) is 0 Å². The molecule has 0 bridgehead atoms. The molecule has 9 nitrogen and oxygen atoms in total. The highest BCUT2D eigenvalue weighted by Gasteiger charge is 2.32. The number of benzene rings is 1. The molecule has 0 saturated carbocycles.